The number of hydrogen-bond donors (Lipinski definition) is 3. The minimum absolute atomic E-state index is 0.154. The van der Waals surface area contributed by atoms with Gasteiger partial charge in [-0.1, -0.05) is 12.1 Å². The molecule has 1 aromatic carbocycles. The Morgan fingerprint density at radius 2 is 1.88 bits per heavy atom. The Kier molecular flexibility index (Phi) is 4.90. The van der Waals surface area contributed by atoms with E-state index >= 15 is 0 Å². The first-order valence-corrected chi connectivity index (χ1v) is 8.08. The first-order chi connectivity index (χ1) is 12.0. The summed E-state index contributed by atoms with van der Waals surface area (Å²) in [5, 5.41) is 10.0. The van der Waals surface area contributed by atoms with Crippen molar-refractivity contribution in [2.45, 2.75) is 13.8 Å². The Labute approximate surface area is 149 Å². The fraction of sp³-hybridized carbons (Fsp3) is 0.188. The summed E-state index contributed by atoms with van der Waals surface area (Å²) in [5.41, 5.74) is 8.88. The molecule has 0 unspecified atom stereocenters. The second-order valence-corrected chi connectivity index (χ2v) is 5.63. The lowest BCUT2D eigenvalue weighted by Gasteiger charge is -2.03. The van der Waals surface area contributed by atoms with Crippen molar-refractivity contribution < 1.29 is 0 Å². The first-order valence-electron chi connectivity index (χ1n) is 7.55. The number of nitrogens with two attached hydrogens (primary N) is 1. The van der Waals surface area contributed by atoms with Gasteiger partial charge < -0.3 is 5.73 Å². The number of nitrogens with one attached hydrogen (secondary N) is 2. The van der Waals surface area contributed by atoms with E-state index in [0.717, 1.165) is 17.0 Å². The summed E-state index contributed by atoms with van der Waals surface area (Å²) in [6.45, 7) is 3.80. The van der Waals surface area contributed by atoms with Crippen molar-refractivity contribution in [3.63, 3.8) is 0 Å². The van der Waals surface area contributed by atoms with Gasteiger partial charge in [0, 0.05) is 17.0 Å². The molecular weight excluding hydrogens is 340 g/mol. The van der Waals surface area contributed by atoms with Crippen molar-refractivity contribution in [3.05, 3.63) is 41.7 Å². The van der Waals surface area contributed by atoms with E-state index in [1.807, 2.05) is 44.2 Å². The SMILES string of the molecule is Cc1cc(C)nc(Nc2n[nH]c(-c3ccccc3N=C(N)CCl)n2)n1. The molecule has 4 N–H and O–H groups in total. The lowest BCUT2D eigenvalue weighted by Crippen LogP contribution is -2.12. The van der Waals surface area contributed by atoms with E-state index in [1.165, 1.54) is 0 Å². The Balaban J connectivity index is 1.89. The van der Waals surface area contributed by atoms with E-state index in [4.69, 9.17) is 17.3 Å². The average molecular weight is 357 g/mol. The number of aryl methyl sites for hydroxylation is 2. The Hall–Kier alpha value is -3.00. The van der Waals surface area contributed by atoms with Crippen LogP contribution in [0.4, 0.5) is 17.6 Å². The largest absolute Gasteiger partial charge is 0.386 e. The predicted molar refractivity (Wildman–Crippen MR) is 98.6 cm³/mol. The van der Waals surface area contributed by atoms with Crippen molar-refractivity contribution in [3.8, 4) is 11.4 Å². The molecule has 2 aromatic heterocycles. The zero-order valence-corrected chi connectivity index (χ0v) is 14.5. The van der Waals surface area contributed by atoms with Gasteiger partial charge in [0.15, 0.2) is 5.82 Å². The Morgan fingerprint density at radius 3 is 2.60 bits per heavy atom. The lowest BCUT2D eigenvalue weighted by molar-refractivity contribution is 1.04. The summed E-state index contributed by atoms with van der Waals surface area (Å²) in [7, 11) is 0. The zero-order chi connectivity index (χ0) is 17.8. The number of alkyl halides is 1. The van der Waals surface area contributed by atoms with Crippen molar-refractivity contribution in [1.29, 1.82) is 0 Å². The summed E-state index contributed by atoms with van der Waals surface area (Å²) in [6.07, 6.45) is 0. The van der Waals surface area contributed by atoms with Gasteiger partial charge in [0.2, 0.25) is 11.9 Å². The fourth-order valence-electron chi connectivity index (χ4n) is 2.28. The molecule has 0 saturated carbocycles. The van der Waals surface area contributed by atoms with E-state index in [0.29, 0.717) is 29.2 Å². The van der Waals surface area contributed by atoms with E-state index in [2.05, 4.69) is 35.5 Å². The Bertz CT molecular complexity index is 898. The number of benzene rings is 1. The molecule has 0 spiro atoms. The molecule has 8 nitrogen and oxygen atoms in total. The molecule has 0 aliphatic carbocycles. The minimum Gasteiger partial charge on any atom is -0.386 e. The third-order valence-electron chi connectivity index (χ3n) is 3.25. The quantitative estimate of drug-likeness (QED) is 0.367. The van der Waals surface area contributed by atoms with Gasteiger partial charge in [-0.05, 0) is 32.0 Å². The van der Waals surface area contributed by atoms with Crippen LogP contribution < -0.4 is 11.1 Å². The number of anilines is 2. The van der Waals surface area contributed by atoms with Crippen LogP contribution in [0.5, 0.6) is 0 Å². The van der Waals surface area contributed by atoms with Gasteiger partial charge in [0.05, 0.1) is 11.6 Å². The van der Waals surface area contributed by atoms with E-state index in [1.54, 1.807) is 0 Å². The molecule has 0 saturated heterocycles. The number of hydrogen-bond acceptors (Lipinski definition) is 6. The summed E-state index contributed by atoms with van der Waals surface area (Å²) < 4.78 is 0. The molecule has 3 aromatic rings. The highest BCUT2D eigenvalue weighted by atomic mass is 35.5. The van der Waals surface area contributed by atoms with Crippen LogP contribution in [0.2, 0.25) is 0 Å². The number of para-hydroxylation sites is 1. The molecule has 9 heteroatoms. The van der Waals surface area contributed by atoms with Gasteiger partial charge in [0.1, 0.15) is 5.84 Å². The van der Waals surface area contributed by atoms with Gasteiger partial charge in [-0.15, -0.1) is 16.7 Å². The summed E-state index contributed by atoms with van der Waals surface area (Å²) in [6, 6.07) is 9.34. The molecule has 0 atom stereocenters. The number of H-pyrrole nitrogens is 1. The molecule has 25 heavy (non-hydrogen) atoms. The number of aromatic nitrogens is 5. The highest BCUT2D eigenvalue weighted by Gasteiger charge is 2.11. The molecule has 2 heterocycles. The predicted octanol–water partition coefficient (Wildman–Crippen LogP) is 2.85. The molecule has 0 amide bonds. The van der Waals surface area contributed by atoms with Crippen LogP contribution in [0, 0.1) is 13.8 Å². The molecule has 0 aliphatic heterocycles. The third kappa shape index (κ3) is 4.10. The number of halogens is 1. The molecule has 0 aliphatic rings. The summed E-state index contributed by atoms with van der Waals surface area (Å²) in [4.78, 5) is 17.3. The maximum absolute atomic E-state index is 5.73. The van der Waals surface area contributed by atoms with Crippen molar-refractivity contribution in [2.75, 3.05) is 11.2 Å². The van der Waals surface area contributed by atoms with Gasteiger partial charge in [-0.3, -0.25) is 10.4 Å². The van der Waals surface area contributed by atoms with Crippen molar-refractivity contribution in [2.24, 2.45) is 10.7 Å². The van der Waals surface area contributed by atoms with Crippen LogP contribution in [0.3, 0.4) is 0 Å². The number of rotatable bonds is 5. The van der Waals surface area contributed by atoms with Crippen LogP contribution in [-0.2, 0) is 0 Å². The maximum Gasteiger partial charge on any atom is 0.249 e. The van der Waals surface area contributed by atoms with Crippen molar-refractivity contribution in [1.82, 2.24) is 25.1 Å². The normalized spacial score (nSPS) is 11.6. The highest BCUT2D eigenvalue weighted by Crippen LogP contribution is 2.28. The van der Waals surface area contributed by atoms with Gasteiger partial charge in [-0.2, -0.15) is 4.98 Å². The maximum atomic E-state index is 5.73. The second kappa shape index (κ2) is 7.27. The molecule has 0 fully saturated rings. The third-order valence-corrected chi connectivity index (χ3v) is 3.53. The lowest BCUT2D eigenvalue weighted by atomic mass is 10.1. The van der Waals surface area contributed by atoms with Crippen LogP contribution in [0.25, 0.3) is 11.4 Å². The van der Waals surface area contributed by atoms with Gasteiger partial charge in [-0.25, -0.2) is 15.0 Å². The van der Waals surface area contributed by atoms with Gasteiger partial charge >= 0.3 is 0 Å². The first kappa shape index (κ1) is 16.8. The molecular formula is C16H17ClN8. The molecule has 0 bridgehead atoms. The van der Waals surface area contributed by atoms with Crippen LogP contribution in [0.15, 0.2) is 35.3 Å². The average Bonchev–Trinajstić information content (AvgIpc) is 3.02. The number of aromatic amines is 1. The molecule has 128 valence electrons. The molecule has 3 rings (SSSR count). The highest BCUT2D eigenvalue weighted by molar-refractivity contribution is 6.28. The number of nitrogens with zero attached hydrogens (tertiary/aromatic N) is 5. The van der Waals surface area contributed by atoms with E-state index in [-0.39, 0.29) is 5.88 Å². The topological polar surface area (TPSA) is 118 Å². The minimum atomic E-state index is 0.154. The van der Waals surface area contributed by atoms with E-state index < -0.39 is 0 Å². The summed E-state index contributed by atoms with van der Waals surface area (Å²) >= 11 is 5.70. The summed E-state index contributed by atoms with van der Waals surface area (Å²) in [5.74, 6) is 1.84. The second-order valence-electron chi connectivity index (χ2n) is 5.36. The standard InChI is InChI=1S/C16H17ClN8/c1-9-7-10(2)20-15(19-9)23-16-22-14(24-25-16)11-5-3-4-6-12(11)21-13(18)8-17/h3-7H,8H2,1-2H3,(H2,18,21)(H2,19,20,22,23,24,25). The Morgan fingerprint density at radius 1 is 1.16 bits per heavy atom. The number of amidine groups is 1. The fourth-order valence-corrected chi connectivity index (χ4v) is 2.34. The van der Waals surface area contributed by atoms with Crippen LogP contribution in [-0.4, -0.2) is 36.9 Å². The monoisotopic (exact) mass is 356 g/mol. The zero-order valence-electron chi connectivity index (χ0n) is 13.8. The smallest absolute Gasteiger partial charge is 0.249 e. The van der Waals surface area contributed by atoms with E-state index in [9.17, 15) is 0 Å². The van der Waals surface area contributed by atoms with Crippen molar-refractivity contribution >= 4 is 35.0 Å². The number of aliphatic imine (C=N–C) groups is 1. The van der Waals surface area contributed by atoms with Crippen LogP contribution in [0.1, 0.15) is 11.4 Å². The molecule has 0 radical (unpaired) electrons. The van der Waals surface area contributed by atoms with Gasteiger partial charge in [0.25, 0.3) is 0 Å². The van der Waals surface area contributed by atoms with Crippen LogP contribution >= 0.6 is 11.6 Å².